The van der Waals surface area contributed by atoms with E-state index in [0.29, 0.717) is 25.7 Å². The van der Waals surface area contributed by atoms with Gasteiger partial charge in [0, 0.05) is 10.1 Å². The standard InChI is InChI=1S/C18H14BrClN2O3S/c1-9-5-10(6-13(19)16(9)23)8-21-22-18(24)17-15(20)12-4-3-11(25-2)7-14(12)26-17/h3-8,23H,1-2H3,(H,22,24)/b21-8+. The number of benzene rings is 2. The van der Waals surface area contributed by atoms with Crippen molar-refractivity contribution in [2.24, 2.45) is 5.10 Å². The van der Waals surface area contributed by atoms with Gasteiger partial charge in [-0.1, -0.05) is 11.6 Å². The number of thiophene rings is 1. The van der Waals surface area contributed by atoms with Gasteiger partial charge in [-0.05, 0) is 64.3 Å². The lowest BCUT2D eigenvalue weighted by Crippen LogP contribution is -2.16. The van der Waals surface area contributed by atoms with E-state index in [2.05, 4.69) is 26.5 Å². The summed E-state index contributed by atoms with van der Waals surface area (Å²) in [4.78, 5) is 12.8. The minimum absolute atomic E-state index is 0.179. The van der Waals surface area contributed by atoms with Gasteiger partial charge in [0.2, 0.25) is 0 Å². The third-order valence-electron chi connectivity index (χ3n) is 3.70. The van der Waals surface area contributed by atoms with Crippen LogP contribution in [0.5, 0.6) is 11.5 Å². The highest BCUT2D eigenvalue weighted by atomic mass is 79.9. The van der Waals surface area contributed by atoms with Crippen LogP contribution in [0.15, 0.2) is 39.9 Å². The van der Waals surface area contributed by atoms with Crippen molar-refractivity contribution in [1.29, 1.82) is 0 Å². The average Bonchev–Trinajstić information content (AvgIpc) is 2.95. The first kappa shape index (κ1) is 18.7. The smallest absolute Gasteiger partial charge is 0.283 e. The number of fused-ring (bicyclic) bond motifs is 1. The molecule has 0 spiro atoms. The highest BCUT2D eigenvalue weighted by Gasteiger charge is 2.17. The van der Waals surface area contributed by atoms with Crippen molar-refractivity contribution >= 4 is 61.1 Å². The molecule has 2 N–H and O–H groups in total. The van der Waals surface area contributed by atoms with E-state index < -0.39 is 0 Å². The predicted molar refractivity (Wildman–Crippen MR) is 109 cm³/mol. The number of hydrogen-bond donors (Lipinski definition) is 2. The van der Waals surface area contributed by atoms with E-state index in [0.717, 1.165) is 15.6 Å². The molecule has 1 heterocycles. The summed E-state index contributed by atoms with van der Waals surface area (Å²) in [6.45, 7) is 1.78. The first-order chi connectivity index (χ1) is 12.4. The first-order valence-corrected chi connectivity index (χ1v) is 9.48. The molecule has 0 bridgehead atoms. The van der Waals surface area contributed by atoms with Gasteiger partial charge in [-0.15, -0.1) is 11.3 Å². The fraction of sp³-hybridized carbons (Fsp3) is 0.111. The molecule has 0 saturated carbocycles. The van der Waals surface area contributed by atoms with Gasteiger partial charge in [0.05, 0.1) is 22.8 Å². The van der Waals surface area contributed by atoms with Crippen molar-refractivity contribution in [2.75, 3.05) is 7.11 Å². The summed E-state index contributed by atoms with van der Waals surface area (Å²) in [7, 11) is 1.59. The average molecular weight is 454 g/mol. The summed E-state index contributed by atoms with van der Waals surface area (Å²) < 4.78 is 6.62. The minimum Gasteiger partial charge on any atom is -0.506 e. The lowest BCUT2D eigenvalue weighted by atomic mass is 10.1. The molecule has 8 heteroatoms. The molecule has 1 aromatic heterocycles. The van der Waals surface area contributed by atoms with Crippen LogP contribution in [0, 0.1) is 6.92 Å². The van der Waals surface area contributed by atoms with E-state index in [4.69, 9.17) is 16.3 Å². The Hall–Kier alpha value is -2.09. The van der Waals surface area contributed by atoms with E-state index >= 15 is 0 Å². The number of carbonyl (C=O) groups excluding carboxylic acids is 1. The number of phenolic OH excluding ortho intramolecular Hbond substituents is 1. The first-order valence-electron chi connectivity index (χ1n) is 7.49. The second kappa shape index (κ2) is 7.65. The molecular weight excluding hydrogens is 440 g/mol. The van der Waals surface area contributed by atoms with Gasteiger partial charge >= 0.3 is 0 Å². The Morgan fingerprint density at radius 2 is 2.15 bits per heavy atom. The molecule has 5 nitrogen and oxygen atoms in total. The predicted octanol–water partition coefficient (Wildman–Crippen LogP) is 5.10. The summed E-state index contributed by atoms with van der Waals surface area (Å²) in [5, 5.41) is 14.9. The number of aryl methyl sites for hydroxylation is 1. The van der Waals surface area contributed by atoms with Gasteiger partial charge in [0.1, 0.15) is 16.4 Å². The molecule has 0 aliphatic heterocycles. The highest BCUT2D eigenvalue weighted by molar-refractivity contribution is 9.10. The molecule has 0 aliphatic carbocycles. The van der Waals surface area contributed by atoms with E-state index in [1.165, 1.54) is 17.6 Å². The van der Waals surface area contributed by atoms with E-state index in [-0.39, 0.29) is 11.7 Å². The monoisotopic (exact) mass is 452 g/mol. The molecule has 3 rings (SSSR count). The molecule has 0 saturated heterocycles. The van der Waals surface area contributed by atoms with Gasteiger partial charge in [0.25, 0.3) is 5.91 Å². The molecule has 0 aliphatic rings. The third-order valence-corrected chi connectivity index (χ3v) is 5.96. The zero-order chi connectivity index (χ0) is 18.8. The molecule has 0 unspecified atom stereocenters. The van der Waals surface area contributed by atoms with Crippen LogP contribution in [0.1, 0.15) is 20.8 Å². The number of carbonyl (C=O) groups is 1. The topological polar surface area (TPSA) is 70.9 Å². The lowest BCUT2D eigenvalue weighted by Gasteiger charge is -2.03. The molecule has 2 aromatic carbocycles. The normalized spacial score (nSPS) is 11.2. The number of methoxy groups -OCH3 is 1. The van der Waals surface area contributed by atoms with Crippen molar-refractivity contribution < 1.29 is 14.6 Å². The SMILES string of the molecule is COc1ccc2c(Cl)c(C(=O)N/N=C/c3cc(C)c(O)c(Br)c3)sc2c1. The third kappa shape index (κ3) is 3.70. The van der Waals surface area contributed by atoms with Crippen LogP contribution in [-0.2, 0) is 0 Å². The quantitative estimate of drug-likeness (QED) is 0.426. The van der Waals surface area contributed by atoms with Gasteiger partial charge in [-0.3, -0.25) is 4.79 Å². The summed E-state index contributed by atoms with van der Waals surface area (Å²) >= 11 is 10.9. The van der Waals surface area contributed by atoms with E-state index in [1.807, 2.05) is 12.1 Å². The van der Waals surface area contributed by atoms with Crippen molar-refractivity contribution in [2.45, 2.75) is 6.92 Å². The Labute approximate surface area is 167 Å². The Kier molecular flexibility index (Phi) is 5.50. The van der Waals surface area contributed by atoms with Crippen molar-refractivity contribution in [3.63, 3.8) is 0 Å². The number of halogens is 2. The van der Waals surface area contributed by atoms with Crippen LogP contribution in [0.25, 0.3) is 10.1 Å². The summed E-state index contributed by atoms with van der Waals surface area (Å²) in [5.74, 6) is 0.494. The number of rotatable bonds is 4. The van der Waals surface area contributed by atoms with Crippen LogP contribution >= 0.6 is 38.9 Å². The number of nitrogens with zero attached hydrogens (tertiary/aromatic N) is 1. The maximum atomic E-state index is 12.4. The Balaban J connectivity index is 1.80. The maximum Gasteiger partial charge on any atom is 0.283 e. The van der Waals surface area contributed by atoms with Gasteiger partial charge in [-0.2, -0.15) is 5.10 Å². The summed E-state index contributed by atoms with van der Waals surface area (Å²) in [6, 6.07) is 8.92. The molecular formula is C18H14BrClN2O3S. The Bertz CT molecular complexity index is 1010. The fourth-order valence-corrected chi connectivity index (χ4v) is 4.38. The largest absolute Gasteiger partial charge is 0.506 e. The number of hydrazone groups is 1. The maximum absolute atomic E-state index is 12.4. The highest BCUT2D eigenvalue weighted by Crippen LogP contribution is 2.37. The molecule has 0 fully saturated rings. The van der Waals surface area contributed by atoms with E-state index in [1.54, 1.807) is 32.2 Å². The molecule has 134 valence electrons. The van der Waals surface area contributed by atoms with Crippen molar-refractivity contribution in [3.05, 3.63) is 55.8 Å². The van der Waals surface area contributed by atoms with Crippen LogP contribution in [0.4, 0.5) is 0 Å². The summed E-state index contributed by atoms with van der Waals surface area (Å²) in [5.41, 5.74) is 3.92. The van der Waals surface area contributed by atoms with Crippen LogP contribution in [-0.4, -0.2) is 24.3 Å². The number of hydrogen-bond acceptors (Lipinski definition) is 5. The second-order valence-electron chi connectivity index (χ2n) is 5.47. The number of ether oxygens (including phenoxy) is 1. The Morgan fingerprint density at radius 3 is 2.85 bits per heavy atom. The molecule has 1 amide bonds. The zero-order valence-corrected chi connectivity index (χ0v) is 17.0. The zero-order valence-electron chi connectivity index (χ0n) is 13.8. The van der Waals surface area contributed by atoms with Gasteiger partial charge in [0.15, 0.2) is 0 Å². The second-order valence-corrected chi connectivity index (χ2v) is 7.76. The summed E-state index contributed by atoms with van der Waals surface area (Å²) in [6.07, 6.45) is 1.50. The number of phenols is 1. The van der Waals surface area contributed by atoms with E-state index in [9.17, 15) is 9.90 Å². The van der Waals surface area contributed by atoms with Gasteiger partial charge < -0.3 is 9.84 Å². The van der Waals surface area contributed by atoms with Crippen molar-refractivity contribution in [3.8, 4) is 11.5 Å². The number of amides is 1. The molecule has 0 radical (unpaired) electrons. The molecule has 0 atom stereocenters. The lowest BCUT2D eigenvalue weighted by molar-refractivity contribution is 0.0959. The molecule has 26 heavy (non-hydrogen) atoms. The fourth-order valence-electron chi connectivity index (χ4n) is 2.37. The van der Waals surface area contributed by atoms with Gasteiger partial charge in [-0.25, -0.2) is 5.43 Å². The Morgan fingerprint density at radius 1 is 1.38 bits per heavy atom. The van der Waals surface area contributed by atoms with Crippen LogP contribution in [0.2, 0.25) is 5.02 Å². The minimum atomic E-state index is -0.388. The van der Waals surface area contributed by atoms with Crippen LogP contribution in [0.3, 0.4) is 0 Å². The van der Waals surface area contributed by atoms with Crippen molar-refractivity contribution in [1.82, 2.24) is 5.43 Å². The number of nitrogens with one attached hydrogen (secondary N) is 1. The number of aromatic hydroxyl groups is 1. The molecule has 3 aromatic rings. The van der Waals surface area contributed by atoms with Crippen LogP contribution < -0.4 is 10.2 Å².